The quantitative estimate of drug-likeness (QED) is 0.396. The van der Waals surface area contributed by atoms with E-state index in [1.807, 2.05) is 18.6 Å². The van der Waals surface area contributed by atoms with E-state index in [1.54, 1.807) is 6.07 Å². The Balaban J connectivity index is 2.99. The van der Waals surface area contributed by atoms with Gasteiger partial charge in [0.15, 0.2) is 5.03 Å². The number of aromatic nitrogens is 2. The number of hydrogen-bond acceptors (Lipinski definition) is 4. The van der Waals surface area contributed by atoms with Crippen molar-refractivity contribution >= 4 is 23.5 Å². The second-order valence-electron chi connectivity index (χ2n) is 1.79. The molecule has 0 aliphatic carbocycles. The molecule has 5 heteroatoms. The Bertz CT molecular complexity index is 254. The van der Waals surface area contributed by atoms with Crippen molar-refractivity contribution in [3.63, 3.8) is 0 Å². The summed E-state index contributed by atoms with van der Waals surface area (Å²) in [4.78, 5) is 0.649. The van der Waals surface area contributed by atoms with Crippen molar-refractivity contribution in [2.24, 2.45) is 0 Å². The molecule has 1 heterocycles. The second kappa shape index (κ2) is 3.82. The molecule has 0 fully saturated rings. The van der Waals surface area contributed by atoms with Crippen LogP contribution >= 0.6 is 23.5 Å². The summed E-state index contributed by atoms with van der Waals surface area (Å²) in [5.41, 5.74) is 0. The summed E-state index contributed by atoms with van der Waals surface area (Å²) in [6.45, 7) is 0. The Morgan fingerprint density at radius 1 is 1.36 bits per heavy atom. The molecular weight excluding hydrogens is 180 g/mol. The molecule has 1 rings (SSSR count). The van der Waals surface area contributed by atoms with Crippen molar-refractivity contribution in [2.75, 3.05) is 12.5 Å². The van der Waals surface area contributed by atoms with Gasteiger partial charge in [0.05, 0.1) is 0 Å². The van der Waals surface area contributed by atoms with E-state index in [0.29, 0.717) is 9.87 Å². The maximum absolute atomic E-state index is 11.0. The topological polar surface area (TPSA) is 39.8 Å². The summed E-state index contributed by atoms with van der Waals surface area (Å²) in [6.07, 6.45) is 3.74. The van der Waals surface area contributed by atoms with Crippen LogP contribution in [0.4, 0.5) is 0 Å². The maximum Gasteiger partial charge on any atom is 0.278 e. The third-order valence-electron chi connectivity index (χ3n) is 1.16. The van der Waals surface area contributed by atoms with E-state index in [9.17, 15) is 5.21 Å². The lowest BCUT2D eigenvalue weighted by Crippen LogP contribution is -2.33. The van der Waals surface area contributed by atoms with Crippen LogP contribution in [-0.2, 0) is 0 Å². The molecule has 0 aliphatic heterocycles. The molecule has 1 aromatic heterocycles. The fourth-order valence-corrected chi connectivity index (χ4v) is 1.39. The van der Waals surface area contributed by atoms with E-state index in [4.69, 9.17) is 0 Å². The van der Waals surface area contributed by atoms with Gasteiger partial charge < -0.3 is 5.21 Å². The van der Waals surface area contributed by atoms with Crippen LogP contribution in [0.5, 0.6) is 0 Å². The first-order chi connectivity index (χ1) is 5.27. The molecule has 0 radical (unpaired) electrons. The van der Waals surface area contributed by atoms with Gasteiger partial charge >= 0.3 is 0 Å². The SMILES string of the molecule is CSc1ccc(SC)[n+]([O-])n1. The van der Waals surface area contributed by atoms with Gasteiger partial charge in [-0.25, -0.2) is 0 Å². The molecule has 11 heavy (non-hydrogen) atoms. The first-order valence-corrected chi connectivity index (χ1v) is 5.41. The average molecular weight is 188 g/mol. The zero-order valence-electron chi connectivity index (χ0n) is 6.27. The fraction of sp³-hybridized carbons (Fsp3) is 0.333. The molecule has 0 aromatic carbocycles. The molecule has 1 aromatic rings. The van der Waals surface area contributed by atoms with Crippen molar-refractivity contribution < 1.29 is 4.85 Å². The zero-order chi connectivity index (χ0) is 8.27. The molecule has 60 valence electrons. The van der Waals surface area contributed by atoms with Gasteiger partial charge in [0, 0.05) is 11.2 Å². The summed E-state index contributed by atoms with van der Waals surface area (Å²) in [5, 5.41) is 16.1. The predicted octanol–water partition coefficient (Wildman–Crippen LogP) is 1.16. The van der Waals surface area contributed by atoms with E-state index in [0.717, 1.165) is 5.03 Å². The molecule has 0 saturated heterocycles. The summed E-state index contributed by atoms with van der Waals surface area (Å²) in [6, 6.07) is 3.61. The van der Waals surface area contributed by atoms with Gasteiger partial charge in [0.1, 0.15) is 0 Å². The van der Waals surface area contributed by atoms with Gasteiger partial charge in [-0.05, 0) is 23.4 Å². The van der Waals surface area contributed by atoms with Gasteiger partial charge in [-0.2, -0.15) is 0 Å². The number of hydrogen-bond donors (Lipinski definition) is 0. The van der Waals surface area contributed by atoms with Gasteiger partial charge in [0.2, 0.25) is 0 Å². The minimum absolute atomic E-state index is 0.628. The molecule has 0 N–H and O–H groups in total. The average Bonchev–Trinajstić information content (AvgIpc) is 2.04. The highest BCUT2D eigenvalue weighted by molar-refractivity contribution is 7.98. The molecule has 0 spiro atoms. The Hall–Kier alpha value is -0.420. The first kappa shape index (κ1) is 8.67. The van der Waals surface area contributed by atoms with Crippen LogP contribution in [0.3, 0.4) is 0 Å². The van der Waals surface area contributed by atoms with Crippen LogP contribution in [0, 0.1) is 5.21 Å². The lowest BCUT2D eigenvalue weighted by Gasteiger charge is -1.98. The second-order valence-corrected chi connectivity index (χ2v) is 3.44. The van der Waals surface area contributed by atoms with E-state index in [2.05, 4.69) is 5.10 Å². The van der Waals surface area contributed by atoms with Crippen LogP contribution in [0.25, 0.3) is 0 Å². The van der Waals surface area contributed by atoms with Crippen LogP contribution in [-0.4, -0.2) is 17.6 Å². The lowest BCUT2D eigenvalue weighted by molar-refractivity contribution is -0.710. The lowest BCUT2D eigenvalue weighted by atomic mass is 10.6. The number of rotatable bonds is 2. The Morgan fingerprint density at radius 2 is 2.09 bits per heavy atom. The highest BCUT2D eigenvalue weighted by Gasteiger charge is 2.05. The van der Waals surface area contributed by atoms with Crippen molar-refractivity contribution in [1.29, 1.82) is 0 Å². The van der Waals surface area contributed by atoms with E-state index >= 15 is 0 Å². The number of thioether (sulfide) groups is 2. The van der Waals surface area contributed by atoms with Gasteiger partial charge in [-0.1, -0.05) is 11.8 Å². The molecule has 0 unspecified atom stereocenters. The van der Waals surface area contributed by atoms with Gasteiger partial charge in [-0.3, -0.25) is 0 Å². The summed E-state index contributed by atoms with van der Waals surface area (Å²) < 4.78 is 0. The molecule has 3 nitrogen and oxygen atoms in total. The smallest absolute Gasteiger partial charge is 0.278 e. The minimum Gasteiger partial charge on any atom is -0.593 e. The van der Waals surface area contributed by atoms with Crippen LogP contribution in [0.15, 0.2) is 22.2 Å². The van der Waals surface area contributed by atoms with Crippen LogP contribution in [0.1, 0.15) is 0 Å². The fourth-order valence-electron chi connectivity index (χ4n) is 0.633. The molecule has 0 atom stereocenters. The highest BCUT2D eigenvalue weighted by atomic mass is 32.2. The molecule has 0 saturated carbocycles. The summed E-state index contributed by atoms with van der Waals surface area (Å²) in [5.74, 6) is 0. The maximum atomic E-state index is 11.0. The van der Waals surface area contributed by atoms with Crippen molar-refractivity contribution in [3.05, 3.63) is 17.3 Å². The Kier molecular flexibility index (Phi) is 3.02. The summed E-state index contributed by atoms with van der Waals surface area (Å²) >= 11 is 2.85. The molecule has 0 amide bonds. The third-order valence-corrected chi connectivity index (χ3v) is 2.51. The monoisotopic (exact) mass is 188 g/mol. The van der Waals surface area contributed by atoms with E-state index < -0.39 is 0 Å². The third kappa shape index (κ3) is 2.00. The van der Waals surface area contributed by atoms with Crippen molar-refractivity contribution in [1.82, 2.24) is 5.10 Å². The van der Waals surface area contributed by atoms with Crippen LogP contribution < -0.4 is 4.85 Å². The molecule has 0 bridgehead atoms. The van der Waals surface area contributed by atoms with Gasteiger partial charge in [0.25, 0.3) is 5.03 Å². The Labute approximate surface area is 73.8 Å². The van der Waals surface area contributed by atoms with Gasteiger partial charge in [-0.15, -0.1) is 11.8 Å². The minimum atomic E-state index is 0.628. The first-order valence-electron chi connectivity index (χ1n) is 2.97. The van der Waals surface area contributed by atoms with Crippen molar-refractivity contribution in [3.8, 4) is 0 Å². The summed E-state index contributed by atoms with van der Waals surface area (Å²) in [7, 11) is 0. The normalized spacial score (nSPS) is 10.0. The molecule has 0 aliphatic rings. The van der Waals surface area contributed by atoms with E-state index in [-0.39, 0.29) is 0 Å². The van der Waals surface area contributed by atoms with E-state index in [1.165, 1.54) is 23.5 Å². The standard InChI is InChI=1S/C6H8N2OS2/c1-10-5-3-4-6(11-2)8(9)7-5/h3-4H,1-2H3. The number of nitrogens with zero attached hydrogens (tertiary/aromatic N) is 2. The van der Waals surface area contributed by atoms with Crippen LogP contribution in [0.2, 0.25) is 0 Å². The Morgan fingerprint density at radius 3 is 2.55 bits per heavy atom. The van der Waals surface area contributed by atoms with Crippen molar-refractivity contribution in [2.45, 2.75) is 10.1 Å². The largest absolute Gasteiger partial charge is 0.593 e. The zero-order valence-corrected chi connectivity index (χ0v) is 7.91. The predicted molar refractivity (Wildman–Crippen MR) is 46.8 cm³/mol. The highest BCUT2D eigenvalue weighted by Crippen LogP contribution is 2.12. The molecular formula is C6H8N2OS2.